The van der Waals surface area contributed by atoms with Gasteiger partial charge in [0.05, 0.1) is 13.7 Å². The molecule has 8 rings (SSSR count). The van der Waals surface area contributed by atoms with E-state index in [0.29, 0.717) is 23.2 Å². The Morgan fingerprint density at radius 2 is 1.41 bits per heavy atom. The molecule has 240 valence electrons. The van der Waals surface area contributed by atoms with Crippen LogP contribution in [0.5, 0.6) is 17.4 Å². The quantitative estimate of drug-likeness (QED) is 0.155. The van der Waals surface area contributed by atoms with Crippen molar-refractivity contribution in [3.8, 4) is 56.6 Å². The molecule has 0 saturated carbocycles. The van der Waals surface area contributed by atoms with Crippen molar-refractivity contribution in [1.82, 2.24) is 14.5 Å². The van der Waals surface area contributed by atoms with Gasteiger partial charge in [0.2, 0.25) is 5.88 Å². The zero-order chi connectivity index (χ0) is 32.5. The zero-order valence-corrected chi connectivity index (χ0v) is 28.7. The predicted octanol–water partition coefficient (Wildman–Crippen LogP) is 9.47. The fourth-order valence-corrected chi connectivity index (χ4v) is 6.06. The minimum atomic E-state index is -0.0774. The van der Waals surface area contributed by atoms with E-state index in [4.69, 9.17) is 14.5 Å². The normalized spacial score (nSPS) is 11.0. The largest absolute Gasteiger partial charge is 2.00 e. The molecule has 3 aromatic heterocycles. The number of aliphatic hydroxyl groups is 1. The average Bonchev–Trinajstić information content (AvgIpc) is 3.48. The Labute approximate surface area is 298 Å². The van der Waals surface area contributed by atoms with E-state index in [1.54, 1.807) is 31.6 Å². The van der Waals surface area contributed by atoms with Crippen LogP contribution in [-0.4, -0.2) is 26.8 Å². The molecule has 6 nitrogen and oxygen atoms in total. The summed E-state index contributed by atoms with van der Waals surface area (Å²) in [4.78, 5) is 9.11. The average molecular weight is 819 g/mol. The second kappa shape index (κ2) is 13.9. The third kappa shape index (κ3) is 6.37. The van der Waals surface area contributed by atoms with Crippen molar-refractivity contribution < 1.29 is 35.6 Å². The van der Waals surface area contributed by atoms with Gasteiger partial charge in [0.1, 0.15) is 11.6 Å². The first-order valence-electron chi connectivity index (χ1n) is 15.6. The number of pyridine rings is 2. The number of ether oxygens (including phenoxy) is 2. The van der Waals surface area contributed by atoms with Crippen LogP contribution in [0.15, 0.2) is 140 Å². The van der Waals surface area contributed by atoms with E-state index >= 15 is 0 Å². The Balaban J connectivity index is 0.00000378. The molecule has 49 heavy (non-hydrogen) atoms. The molecule has 3 heterocycles. The van der Waals surface area contributed by atoms with Crippen LogP contribution >= 0.6 is 0 Å². The van der Waals surface area contributed by atoms with Crippen molar-refractivity contribution in [2.45, 2.75) is 6.61 Å². The van der Waals surface area contributed by atoms with Gasteiger partial charge in [0.25, 0.3) is 0 Å². The van der Waals surface area contributed by atoms with Crippen molar-refractivity contribution in [3.63, 3.8) is 0 Å². The van der Waals surface area contributed by atoms with Gasteiger partial charge in [0.15, 0.2) is 0 Å². The molecule has 1 N–H and O–H groups in total. The summed E-state index contributed by atoms with van der Waals surface area (Å²) in [5.41, 5.74) is 8.59. The Kier molecular flexibility index (Phi) is 9.08. The van der Waals surface area contributed by atoms with Crippen LogP contribution in [0, 0.1) is 12.1 Å². The Morgan fingerprint density at radius 3 is 2.16 bits per heavy atom. The van der Waals surface area contributed by atoms with Crippen LogP contribution in [0.1, 0.15) is 5.56 Å². The molecule has 0 atom stereocenters. The first-order valence-corrected chi connectivity index (χ1v) is 15.6. The van der Waals surface area contributed by atoms with Gasteiger partial charge in [-0.2, -0.15) is 18.2 Å². The number of aliphatic hydroxyl groups excluding tert-OH is 1. The van der Waals surface area contributed by atoms with E-state index in [1.807, 2.05) is 42.5 Å². The molecule has 0 aliphatic rings. The maximum absolute atomic E-state index is 9.95. The number of hydrogen-bond donors (Lipinski definition) is 1. The van der Waals surface area contributed by atoms with Gasteiger partial charge in [-0.1, -0.05) is 84.2 Å². The summed E-state index contributed by atoms with van der Waals surface area (Å²) in [5, 5.41) is 12.1. The second-order valence-electron chi connectivity index (χ2n) is 11.4. The summed E-state index contributed by atoms with van der Waals surface area (Å²) in [6.45, 7) is -0.0774. The van der Waals surface area contributed by atoms with Crippen LogP contribution in [0.25, 0.3) is 61.0 Å². The number of methoxy groups -OCH3 is 1. The molecule has 0 fully saturated rings. The summed E-state index contributed by atoms with van der Waals surface area (Å²) < 4.78 is 13.7. The third-order valence-electron chi connectivity index (χ3n) is 8.40. The van der Waals surface area contributed by atoms with Crippen LogP contribution in [0.2, 0.25) is 0 Å². The summed E-state index contributed by atoms with van der Waals surface area (Å²) >= 11 is 0. The molecular formula is C42H29N3O3Pt. The number of nitrogens with zero attached hydrogens (tertiary/aromatic N) is 3. The molecule has 0 spiro atoms. The number of aromatic nitrogens is 3. The molecule has 8 aromatic rings. The van der Waals surface area contributed by atoms with Crippen LogP contribution < -0.4 is 9.47 Å². The molecule has 0 saturated heterocycles. The fraction of sp³-hybridized carbons (Fsp3) is 0.0476. The van der Waals surface area contributed by atoms with Crippen molar-refractivity contribution in [1.29, 1.82) is 0 Å². The number of hydrogen-bond acceptors (Lipinski definition) is 5. The first kappa shape index (κ1) is 32.0. The predicted molar refractivity (Wildman–Crippen MR) is 189 cm³/mol. The maximum atomic E-state index is 9.95. The van der Waals surface area contributed by atoms with E-state index in [1.165, 1.54) is 0 Å². The van der Waals surface area contributed by atoms with Gasteiger partial charge in [-0.15, -0.1) is 17.7 Å². The molecule has 0 aliphatic heterocycles. The monoisotopic (exact) mass is 818 g/mol. The number of benzene rings is 5. The molecule has 0 bridgehead atoms. The van der Waals surface area contributed by atoms with Crippen LogP contribution in [0.4, 0.5) is 0 Å². The van der Waals surface area contributed by atoms with E-state index in [-0.39, 0.29) is 27.7 Å². The molecule has 0 radical (unpaired) electrons. The molecule has 5 aromatic carbocycles. The van der Waals surface area contributed by atoms with Crippen LogP contribution in [-0.2, 0) is 27.7 Å². The topological polar surface area (TPSA) is 69.4 Å². The Hall–Kier alpha value is -5.55. The number of rotatable bonds is 8. The first-order chi connectivity index (χ1) is 23.7. The zero-order valence-electron chi connectivity index (χ0n) is 26.4. The van der Waals surface area contributed by atoms with Crippen LogP contribution in [0.3, 0.4) is 0 Å². The third-order valence-corrected chi connectivity index (χ3v) is 8.40. The minimum absolute atomic E-state index is 0. The molecule has 0 amide bonds. The fourth-order valence-electron chi connectivity index (χ4n) is 6.06. The van der Waals surface area contributed by atoms with Gasteiger partial charge < -0.3 is 19.1 Å². The smallest absolute Gasteiger partial charge is 0.497 e. The van der Waals surface area contributed by atoms with E-state index < -0.39 is 0 Å². The van der Waals surface area contributed by atoms with E-state index in [2.05, 4.69) is 94.5 Å². The summed E-state index contributed by atoms with van der Waals surface area (Å²) in [6, 6.07) is 49.8. The Bertz CT molecular complexity index is 2410. The summed E-state index contributed by atoms with van der Waals surface area (Å²) in [7, 11) is 1.61. The van der Waals surface area contributed by atoms with Crippen molar-refractivity contribution in [2.24, 2.45) is 0 Å². The maximum Gasteiger partial charge on any atom is 2.00 e. The van der Waals surface area contributed by atoms with Gasteiger partial charge >= 0.3 is 21.1 Å². The Morgan fingerprint density at radius 1 is 0.653 bits per heavy atom. The molecule has 0 unspecified atom stereocenters. The van der Waals surface area contributed by atoms with Crippen molar-refractivity contribution in [2.75, 3.05) is 7.11 Å². The molecule has 7 heteroatoms. The van der Waals surface area contributed by atoms with Gasteiger partial charge in [0, 0.05) is 29.7 Å². The minimum Gasteiger partial charge on any atom is -0.497 e. The van der Waals surface area contributed by atoms with Gasteiger partial charge in [-0.25, -0.2) is 21.1 Å². The van der Waals surface area contributed by atoms with Crippen molar-refractivity contribution >= 4 is 21.8 Å². The summed E-state index contributed by atoms with van der Waals surface area (Å²) in [5.74, 6) is 2.29. The number of fused-ring (bicyclic) bond motifs is 3. The van der Waals surface area contributed by atoms with Crippen molar-refractivity contribution in [3.05, 3.63) is 157 Å². The summed E-state index contributed by atoms with van der Waals surface area (Å²) in [6.07, 6.45) is 3.38. The SMILES string of the molecule is COc1ccnc(Oc2[c-]c(-c3[c-]c4c(cc3)c3cc(-c5ccccc5)ccc3n4-c3cc(CO)ccn3)cc(-c3ccccc3)c2)c1.[Pt+2]. The standard InChI is InChI=1S/C42H29N3O3.Pt/c1-47-35-17-19-44-42(26-35)48-36-22-33(30-10-6-3-7-11-30)21-34(23-36)32-12-14-37-38-24-31(29-8-4-2-5-9-29)13-15-39(38)45(40(37)25-32)41-20-28(27-46)16-18-43-41;/h2-22,24,26,46H,27H2,1H3;/q-2;+2. The molecule has 0 aliphatic carbocycles. The van der Waals surface area contributed by atoms with E-state index in [0.717, 1.165) is 60.8 Å². The van der Waals surface area contributed by atoms with Gasteiger partial charge in [-0.3, -0.25) is 0 Å². The van der Waals surface area contributed by atoms with Gasteiger partial charge in [-0.05, 0) is 57.4 Å². The second-order valence-corrected chi connectivity index (χ2v) is 11.4. The van der Waals surface area contributed by atoms with E-state index in [9.17, 15) is 5.11 Å². The molecular weight excluding hydrogens is 790 g/mol.